The van der Waals surface area contributed by atoms with Crippen molar-refractivity contribution in [1.29, 1.82) is 0 Å². The summed E-state index contributed by atoms with van der Waals surface area (Å²) in [6.07, 6.45) is 1.99. The largest absolute Gasteiger partial charge is 0.507 e. The van der Waals surface area contributed by atoms with Gasteiger partial charge in [-0.15, -0.1) is 0 Å². The lowest BCUT2D eigenvalue weighted by Gasteiger charge is -2.47. The summed E-state index contributed by atoms with van der Waals surface area (Å²) < 4.78 is 27.2. The van der Waals surface area contributed by atoms with Crippen LogP contribution in [-0.4, -0.2) is 103 Å². The molecule has 0 aromatic heterocycles. The molecule has 0 spiro atoms. The van der Waals surface area contributed by atoms with Crippen molar-refractivity contribution in [1.82, 2.24) is 21.3 Å². The van der Waals surface area contributed by atoms with Crippen molar-refractivity contribution < 1.29 is 48.3 Å². The van der Waals surface area contributed by atoms with E-state index in [4.69, 9.17) is 18.9 Å². The van der Waals surface area contributed by atoms with Gasteiger partial charge in [0.1, 0.15) is 35.9 Å². The number of rotatable bonds is 18. The summed E-state index contributed by atoms with van der Waals surface area (Å²) in [6.45, 7) is 49.5. The van der Waals surface area contributed by atoms with Crippen LogP contribution in [0.25, 0.3) is 0 Å². The third kappa shape index (κ3) is 18.0. The second kappa shape index (κ2) is 24.3. The molecule has 2 aromatic rings. The summed E-state index contributed by atoms with van der Waals surface area (Å²) in [5.41, 5.74) is -3.46. The highest BCUT2D eigenvalue weighted by Gasteiger charge is 2.56. The zero-order valence-electron chi connectivity index (χ0n) is 57.4. The van der Waals surface area contributed by atoms with Gasteiger partial charge in [-0.1, -0.05) is 65.8 Å². The molecule has 0 amide bonds. The standard InChI is InChI=1S/C71H116N4O10/c1-44-32-46(34-52(54(44)76)60(3,4)5)26-30-70(56(78)82-48-36-62(9,10)72-63(11,12)37-48,57(79)83-49-38-64(13,14)73-65(15,16)39-49)28-25-29-71(58(80)84-50-40-66(17,18)74-67(19,20)41-50,59(81)85-51-42-68(21,22)75-69(23,24)43-51)31-27-47-33-45(2)55(77)53(35-47)61(6,7)8/h32-35,48-51,72-77H,25-31,36-43H2,1-24H3. The molecule has 14 heteroatoms. The van der Waals surface area contributed by atoms with E-state index < -0.39 is 114 Å². The van der Waals surface area contributed by atoms with Gasteiger partial charge in [0.2, 0.25) is 0 Å². The SMILES string of the molecule is Cc1cc(CCC(CCCC(CCc2cc(C)c(O)c(C(C)(C)C)c2)(C(=O)OC2CC(C)(C)NC(C)(C)C2)C(=O)OC2CC(C)(C)NC(C)(C)C2)(C(=O)OC2CC(C)(C)NC(C)(C)C2)C(=O)OC2CC(C)(C)NC(C)(C)C2)cc(C(C)(C)C)c1O. The molecule has 4 aliphatic rings. The number of phenols is 2. The third-order valence-corrected chi connectivity index (χ3v) is 18.5. The number of benzene rings is 2. The number of aryl methyl sites for hydroxylation is 4. The Morgan fingerprint density at radius 1 is 0.400 bits per heavy atom. The Labute approximate surface area is 513 Å². The van der Waals surface area contributed by atoms with Crippen LogP contribution in [0.3, 0.4) is 0 Å². The molecule has 0 bridgehead atoms. The maximum Gasteiger partial charge on any atom is 0.323 e. The molecule has 0 saturated carbocycles. The molecule has 2 aromatic carbocycles. The maximum atomic E-state index is 16.1. The lowest BCUT2D eigenvalue weighted by atomic mass is 9.72. The first-order valence-electron chi connectivity index (χ1n) is 32.0. The van der Waals surface area contributed by atoms with Crippen LogP contribution < -0.4 is 21.3 Å². The van der Waals surface area contributed by atoms with E-state index in [-0.39, 0.29) is 56.4 Å². The lowest BCUT2D eigenvalue weighted by molar-refractivity contribution is -0.185. The van der Waals surface area contributed by atoms with Gasteiger partial charge in [0.25, 0.3) is 0 Å². The van der Waals surface area contributed by atoms with Gasteiger partial charge < -0.3 is 50.4 Å². The fourth-order valence-electron chi connectivity index (χ4n) is 16.1. The molecule has 6 N–H and O–H groups in total. The average Bonchev–Trinajstić information content (AvgIpc) is 1.18. The Morgan fingerprint density at radius 3 is 0.812 bits per heavy atom. The molecule has 4 aliphatic heterocycles. The predicted octanol–water partition coefficient (Wildman–Crippen LogP) is 13.4. The minimum absolute atomic E-state index is 0.0171. The van der Waals surface area contributed by atoms with Crippen molar-refractivity contribution in [3.05, 3.63) is 57.6 Å². The zero-order valence-corrected chi connectivity index (χ0v) is 57.4. The van der Waals surface area contributed by atoms with Crippen LogP contribution in [0.1, 0.15) is 269 Å². The summed E-state index contributed by atoms with van der Waals surface area (Å²) in [4.78, 5) is 64.5. The maximum absolute atomic E-state index is 16.1. The average molecular weight is 1190 g/mol. The number of piperidine rings is 4. The molecule has 4 fully saturated rings. The lowest BCUT2D eigenvalue weighted by Crippen LogP contribution is -2.61. The molecule has 0 atom stereocenters. The summed E-state index contributed by atoms with van der Waals surface area (Å²) in [6, 6.07) is 7.78. The van der Waals surface area contributed by atoms with E-state index in [1.54, 1.807) is 0 Å². The van der Waals surface area contributed by atoms with Crippen LogP contribution in [0.4, 0.5) is 0 Å². The van der Waals surface area contributed by atoms with Crippen molar-refractivity contribution in [2.45, 2.75) is 342 Å². The van der Waals surface area contributed by atoms with Crippen LogP contribution >= 0.6 is 0 Å². The van der Waals surface area contributed by atoms with Gasteiger partial charge >= 0.3 is 23.9 Å². The van der Waals surface area contributed by atoms with Gasteiger partial charge in [-0.2, -0.15) is 0 Å². The van der Waals surface area contributed by atoms with Crippen LogP contribution in [0.5, 0.6) is 11.5 Å². The van der Waals surface area contributed by atoms with Gasteiger partial charge in [-0.3, -0.25) is 19.2 Å². The number of hydrogen-bond donors (Lipinski definition) is 6. The van der Waals surface area contributed by atoms with E-state index >= 15 is 19.2 Å². The van der Waals surface area contributed by atoms with Crippen molar-refractivity contribution in [2.24, 2.45) is 10.8 Å². The minimum Gasteiger partial charge on any atom is -0.507 e. The van der Waals surface area contributed by atoms with E-state index in [2.05, 4.69) is 132 Å². The molecule has 14 nitrogen and oxygen atoms in total. The monoisotopic (exact) mass is 1180 g/mol. The molecule has 4 saturated heterocycles. The predicted molar refractivity (Wildman–Crippen MR) is 340 cm³/mol. The number of ether oxygens (including phenoxy) is 4. The first kappa shape index (κ1) is 69.9. The van der Waals surface area contributed by atoms with Crippen LogP contribution in [0.2, 0.25) is 0 Å². The first-order chi connectivity index (χ1) is 38.4. The second-order valence-corrected chi connectivity index (χ2v) is 34.4. The van der Waals surface area contributed by atoms with Crippen LogP contribution in [-0.2, 0) is 61.8 Å². The normalized spacial score (nSPS) is 22.5. The Kier molecular flexibility index (Phi) is 20.0. The van der Waals surface area contributed by atoms with E-state index in [1.807, 2.05) is 79.7 Å². The highest BCUT2D eigenvalue weighted by Crippen LogP contribution is 2.46. The van der Waals surface area contributed by atoms with E-state index in [0.29, 0.717) is 62.5 Å². The first-order valence-corrected chi connectivity index (χ1v) is 32.0. The van der Waals surface area contributed by atoms with Gasteiger partial charge in [-0.05, 0) is 214 Å². The number of phenolic OH excluding ortho intramolecular Hbond substituents is 2. The molecule has 0 unspecified atom stereocenters. The number of carbonyl (C=O) groups excluding carboxylic acids is 4. The van der Waals surface area contributed by atoms with Gasteiger partial charge in [0.15, 0.2) is 10.8 Å². The fraction of sp³-hybridized carbons (Fsp3) is 0.775. The summed E-state index contributed by atoms with van der Waals surface area (Å²) in [7, 11) is 0. The van der Waals surface area contributed by atoms with Crippen molar-refractivity contribution in [3.63, 3.8) is 0 Å². The Balaban J connectivity index is 1.56. The van der Waals surface area contributed by atoms with Crippen LogP contribution in [0, 0.1) is 24.7 Å². The van der Waals surface area contributed by atoms with Crippen molar-refractivity contribution >= 4 is 23.9 Å². The number of nitrogens with one attached hydrogen (secondary N) is 4. The highest BCUT2D eigenvalue weighted by molar-refractivity contribution is 6.01. The Morgan fingerprint density at radius 2 is 0.612 bits per heavy atom. The number of hydrogen-bond acceptors (Lipinski definition) is 14. The van der Waals surface area contributed by atoms with Gasteiger partial charge in [0.05, 0.1) is 0 Å². The molecule has 6 rings (SSSR count). The number of esters is 4. The summed E-state index contributed by atoms with van der Waals surface area (Å²) in [5, 5.41) is 37.7. The van der Waals surface area contributed by atoms with Crippen molar-refractivity contribution in [2.75, 3.05) is 0 Å². The zero-order chi connectivity index (χ0) is 64.3. The summed E-state index contributed by atoms with van der Waals surface area (Å²) >= 11 is 0. The van der Waals surface area contributed by atoms with E-state index in [9.17, 15) is 10.2 Å². The van der Waals surface area contributed by atoms with Crippen LogP contribution in [0.15, 0.2) is 24.3 Å². The molecular formula is C71H116N4O10. The molecule has 0 aliphatic carbocycles. The number of aromatic hydroxyl groups is 2. The molecule has 480 valence electrons. The second-order valence-electron chi connectivity index (χ2n) is 34.4. The highest BCUT2D eigenvalue weighted by atomic mass is 16.6. The topological polar surface area (TPSA) is 194 Å². The van der Waals surface area contributed by atoms with E-state index in [1.165, 1.54) is 0 Å². The molecule has 85 heavy (non-hydrogen) atoms. The molecule has 4 heterocycles. The molecular weight excluding hydrogens is 1070 g/mol. The Bertz CT molecular complexity index is 2420. The summed E-state index contributed by atoms with van der Waals surface area (Å²) in [5.74, 6) is -2.38. The van der Waals surface area contributed by atoms with Gasteiger partial charge in [-0.25, -0.2) is 0 Å². The van der Waals surface area contributed by atoms with Gasteiger partial charge in [0, 0.05) is 95.7 Å². The third-order valence-electron chi connectivity index (χ3n) is 18.5. The smallest absolute Gasteiger partial charge is 0.323 e. The Hall–Kier alpha value is -4.24. The molecule has 0 radical (unpaired) electrons. The number of carbonyl (C=O) groups is 4. The van der Waals surface area contributed by atoms with Crippen molar-refractivity contribution in [3.8, 4) is 11.5 Å². The van der Waals surface area contributed by atoms with E-state index in [0.717, 1.165) is 22.3 Å². The quantitative estimate of drug-likeness (QED) is 0.0469. The fourth-order valence-corrected chi connectivity index (χ4v) is 16.1. The minimum atomic E-state index is -1.94.